The number of nitrogens with one attached hydrogen (secondary N) is 1. The number of anilines is 1. The molecule has 2 rings (SSSR count). The highest BCUT2D eigenvalue weighted by Crippen LogP contribution is 2.32. The zero-order valence-electron chi connectivity index (χ0n) is 10.9. The van der Waals surface area contributed by atoms with Gasteiger partial charge in [-0.15, -0.1) is 0 Å². The van der Waals surface area contributed by atoms with Gasteiger partial charge in [0.2, 0.25) is 10.0 Å². The fraction of sp³-hybridized carbons (Fsp3) is 0.500. The highest BCUT2D eigenvalue weighted by atomic mass is 79.9. The number of nitrogen functional groups attached to an aromatic ring is 1. The van der Waals surface area contributed by atoms with Crippen LogP contribution in [0.1, 0.15) is 19.8 Å². The molecule has 112 valence electrons. The van der Waals surface area contributed by atoms with Gasteiger partial charge in [0.05, 0.1) is 6.10 Å². The van der Waals surface area contributed by atoms with Crippen molar-refractivity contribution in [3.63, 3.8) is 0 Å². The lowest BCUT2D eigenvalue weighted by atomic mass is 10.1. The first-order chi connectivity index (χ1) is 9.31. The third-order valence-electron chi connectivity index (χ3n) is 3.15. The number of halogens is 2. The minimum atomic E-state index is -3.65. The Labute approximate surface area is 135 Å². The van der Waals surface area contributed by atoms with E-state index in [4.69, 9.17) is 10.5 Å². The number of benzene rings is 1. The van der Waals surface area contributed by atoms with Crippen LogP contribution in [0.15, 0.2) is 26.0 Å². The normalized spacial score (nSPS) is 21.1. The van der Waals surface area contributed by atoms with Crippen LogP contribution in [0.3, 0.4) is 0 Å². The van der Waals surface area contributed by atoms with Gasteiger partial charge in [0.1, 0.15) is 4.90 Å². The lowest BCUT2D eigenvalue weighted by Gasteiger charge is -2.21. The maximum Gasteiger partial charge on any atom is 0.243 e. The Morgan fingerprint density at radius 1 is 1.40 bits per heavy atom. The van der Waals surface area contributed by atoms with Crippen molar-refractivity contribution in [2.75, 3.05) is 12.3 Å². The van der Waals surface area contributed by atoms with Crippen LogP contribution in [0.2, 0.25) is 0 Å². The van der Waals surface area contributed by atoms with Gasteiger partial charge in [-0.05, 0) is 63.8 Å². The quantitative estimate of drug-likeness (QED) is 0.723. The van der Waals surface area contributed by atoms with Crippen molar-refractivity contribution in [3.8, 4) is 0 Å². The van der Waals surface area contributed by atoms with E-state index >= 15 is 0 Å². The Balaban J connectivity index is 2.26. The van der Waals surface area contributed by atoms with E-state index in [2.05, 4.69) is 36.6 Å². The molecule has 1 aliphatic heterocycles. The Hall–Kier alpha value is -0.150. The van der Waals surface area contributed by atoms with E-state index in [-0.39, 0.29) is 17.0 Å². The van der Waals surface area contributed by atoms with Gasteiger partial charge in [0, 0.05) is 27.3 Å². The summed E-state index contributed by atoms with van der Waals surface area (Å²) in [6, 6.07) is 2.85. The largest absolute Gasteiger partial charge is 0.399 e. The second-order valence-corrected chi connectivity index (χ2v) is 8.13. The molecule has 1 aliphatic rings. The van der Waals surface area contributed by atoms with Crippen molar-refractivity contribution in [2.45, 2.75) is 36.8 Å². The van der Waals surface area contributed by atoms with Crippen LogP contribution in [0.5, 0.6) is 0 Å². The number of rotatable bonds is 4. The van der Waals surface area contributed by atoms with Gasteiger partial charge in [-0.25, -0.2) is 13.1 Å². The van der Waals surface area contributed by atoms with E-state index in [0.29, 0.717) is 21.2 Å². The van der Waals surface area contributed by atoms with Crippen molar-refractivity contribution in [3.05, 3.63) is 21.1 Å². The predicted molar refractivity (Wildman–Crippen MR) is 85.0 cm³/mol. The Kier molecular flexibility index (Phi) is 5.12. The molecule has 0 aromatic heterocycles. The maximum absolute atomic E-state index is 12.5. The van der Waals surface area contributed by atoms with Crippen LogP contribution in [0, 0.1) is 0 Å². The van der Waals surface area contributed by atoms with Crippen LogP contribution < -0.4 is 10.5 Å². The van der Waals surface area contributed by atoms with Crippen molar-refractivity contribution in [1.82, 2.24) is 4.72 Å². The summed E-state index contributed by atoms with van der Waals surface area (Å²) in [7, 11) is -3.65. The monoisotopic (exact) mass is 426 g/mol. The standard InChI is InChI=1S/C12H16Br2N2O3S/c1-7(11-3-2-4-19-11)16-20(17,18)12-9(13)5-8(15)6-10(12)14/h5-7,11,16H,2-4,15H2,1H3. The van der Waals surface area contributed by atoms with Crippen molar-refractivity contribution < 1.29 is 13.2 Å². The van der Waals surface area contributed by atoms with Crippen LogP contribution in [0.4, 0.5) is 5.69 Å². The Morgan fingerprint density at radius 2 is 2.00 bits per heavy atom. The molecule has 0 saturated carbocycles. The summed E-state index contributed by atoms with van der Waals surface area (Å²) in [5.41, 5.74) is 6.16. The summed E-state index contributed by atoms with van der Waals surface area (Å²) in [5.74, 6) is 0. The summed E-state index contributed by atoms with van der Waals surface area (Å²) in [4.78, 5) is 0.150. The van der Waals surface area contributed by atoms with Gasteiger partial charge < -0.3 is 10.5 Å². The molecule has 2 unspecified atom stereocenters. The summed E-state index contributed by atoms with van der Waals surface area (Å²) < 4.78 is 34.0. The first-order valence-electron chi connectivity index (χ1n) is 6.19. The first-order valence-corrected chi connectivity index (χ1v) is 9.26. The van der Waals surface area contributed by atoms with E-state index in [1.54, 1.807) is 12.1 Å². The topological polar surface area (TPSA) is 81.4 Å². The lowest BCUT2D eigenvalue weighted by molar-refractivity contribution is 0.0902. The molecular formula is C12H16Br2N2O3S. The van der Waals surface area contributed by atoms with Gasteiger partial charge in [0.25, 0.3) is 0 Å². The van der Waals surface area contributed by atoms with Gasteiger partial charge in [-0.1, -0.05) is 0 Å². The van der Waals surface area contributed by atoms with Crippen molar-refractivity contribution in [1.29, 1.82) is 0 Å². The summed E-state index contributed by atoms with van der Waals surface area (Å²) in [5, 5.41) is 0. The van der Waals surface area contributed by atoms with Crippen LogP contribution in [0.25, 0.3) is 0 Å². The van der Waals surface area contributed by atoms with Gasteiger partial charge in [-0.2, -0.15) is 0 Å². The molecule has 1 aromatic carbocycles. The van der Waals surface area contributed by atoms with Gasteiger partial charge in [-0.3, -0.25) is 0 Å². The van der Waals surface area contributed by atoms with Crippen LogP contribution in [-0.2, 0) is 14.8 Å². The summed E-state index contributed by atoms with van der Waals surface area (Å²) >= 11 is 6.49. The second-order valence-electron chi connectivity index (χ2n) is 4.78. The molecule has 2 atom stereocenters. The van der Waals surface area contributed by atoms with Gasteiger partial charge in [0.15, 0.2) is 0 Å². The average Bonchev–Trinajstić information content (AvgIpc) is 2.78. The molecule has 0 radical (unpaired) electrons. The zero-order chi connectivity index (χ0) is 14.9. The first kappa shape index (κ1) is 16.2. The molecule has 0 spiro atoms. The van der Waals surface area contributed by atoms with Crippen molar-refractivity contribution >= 4 is 47.6 Å². The molecule has 1 fully saturated rings. The van der Waals surface area contributed by atoms with Crippen LogP contribution in [-0.4, -0.2) is 27.2 Å². The molecule has 20 heavy (non-hydrogen) atoms. The minimum Gasteiger partial charge on any atom is -0.399 e. The summed E-state index contributed by atoms with van der Waals surface area (Å²) in [6.07, 6.45) is 1.76. The van der Waals surface area contributed by atoms with E-state index < -0.39 is 10.0 Å². The van der Waals surface area contributed by atoms with Gasteiger partial charge >= 0.3 is 0 Å². The fourth-order valence-electron chi connectivity index (χ4n) is 2.21. The minimum absolute atomic E-state index is 0.0730. The lowest BCUT2D eigenvalue weighted by Crippen LogP contribution is -2.41. The van der Waals surface area contributed by atoms with E-state index in [1.807, 2.05) is 6.92 Å². The smallest absolute Gasteiger partial charge is 0.243 e. The maximum atomic E-state index is 12.5. The fourth-order valence-corrected chi connectivity index (χ4v) is 6.10. The number of nitrogens with two attached hydrogens (primary N) is 1. The zero-order valence-corrected chi connectivity index (χ0v) is 14.9. The van der Waals surface area contributed by atoms with Crippen molar-refractivity contribution in [2.24, 2.45) is 0 Å². The molecule has 0 bridgehead atoms. The molecule has 3 N–H and O–H groups in total. The highest BCUT2D eigenvalue weighted by molar-refractivity contribution is 9.11. The molecule has 0 aliphatic carbocycles. The molecule has 1 aromatic rings. The predicted octanol–water partition coefficient (Wildman–Crippen LogP) is 2.64. The molecule has 5 nitrogen and oxygen atoms in total. The van der Waals surface area contributed by atoms with E-state index in [1.165, 1.54) is 0 Å². The van der Waals surface area contributed by atoms with E-state index in [9.17, 15) is 8.42 Å². The number of ether oxygens (including phenoxy) is 1. The molecular weight excluding hydrogens is 412 g/mol. The Bertz CT molecular complexity index is 578. The SMILES string of the molecule is CC(NS(=O)(=O)c1c(Br)cc(N)cc1Br)C1CCCO1. The van der Waals surface area contributed by atoms with E-state index in [0.717, 1.165) is 12.8 Å². The molecule has 0 amide bonds. The van der Waals surface area contributed by atoms with Crippen LogP contribution >= 0.6 is 31.9 Å². The third-order valence-corrected chi connectivity index (χ3v) is 6.59. The summed E-state index contributed by atoms with van der Waals surface area (Å²) in [6.45, 7) is 2.50. The third kappa shape index (κ3) is 3.54. The number of sulfonamides is 1. The average molecular weight is 428 g/mol. The second kappa shape index (κ2) is 6.31. The molecule has 1 heterocycles. The Morgan fingerprint density at radius 3 is 2.50 bits per heavy atom. The number of hydrogen-bond donors (Lipinski definition) is 2. The molecule has 1 saturated heterocycles. The molecule has 8 heteroatoms. The number of hydrogen-bond acceptors (Lipinski definition) is 4. The highest BCUT2D eigenvalue weighted by Gasteiger charge is 2.29.